The number of aromatic nitrogens is 2. The quantitative estimate of drug-likeness (QED) is 0.776. The van der Waals surface area contributed by atoms with Crippen LogP contribution in [0.3, 0.4) is 0 Å². The molecule has 1 aromatic rings. The van der Waals surface area contributed by atoms with Gasteiger partial charge in [-0.15, -0.1) is 0 Å². The van der Waals surface area contributed by atoms with Crippen LogP contribution in [0.5, 0.6) is 0 Å². The lowest BCUT2D eigenvalue weighted by Crippen LogP contribution is -2.41. The van der Waals surface area contributed by atoms with Crippen molar-refractivity contribution in [3.8, 4) is 0 Å². The zero-order valence-corrected chi connectivity index (χ0v) is 10.8. The summed E-state index contributed by atoms with van der Waals surface area (Å²) < 4.78 is 5.45. The number of aliphatic hydroxyl groups excluding tert-OH is 2. The number of hydrogen-bond donors (Lipinski definition) is 2. The van der Waals surface area contributed by atoms with Gasteiger partial charge in [0.1, 0.15) is 17.1 Å². The molecule has 2 N–H and O–H groups in total. The molecule has 2 rings (SSSR count). The van der Waals surface area contributed by atoms with Crippen molar-refractivity contribution in [1.82, 2.24) is 9.97 Å². The summed E-state index contributed by atoms with van der Waals surface area (Å²) in [5.74, 6) is 0.784. The normalized spacial score (nSPS) is 22.0. The Kier molecular flexibility index (Phi) is 4.34. The summed E-state index contributed by atoms with van der Waals surface area (Å²) in [4.78, 5) is 10.2. The molecule has 1 aliphatic heterocycles. The Balaban J connectivity index is 2.24. The molecule has 1 fully saturated rings. The summed E-state index contributed by atoms with van der Waals surface area (Å²) in [6, 6.07) is 1.65. The van der Waals surface area contributed by atoms with Crippen LogP contribution < -0.4 is 4.90 Å². The van der Waals surface area contributed by atoms with E-state index in [0.717, 1.165) is 0 Å². The fourth-order valence-electron chi connectivity index (χ4n) is 1.84. The predicted molar refractivity (Wildman–Crippen MR) is 66.7 cm³/mol. The first kappa shape index (κ1) is 13.5. The zero-order chi connectivity index (χ0) is 13.1. The second-order valence-electron chi connectivity index (χ2n) is 4.23. The van der Waals surface area contributed by atoms with Crippen molar-refractivity contribution in [3.05, 3.63) is 17.0 Å². The first-order valence-corrected chi connectivity index (χ1v) is 6.18. The monoisotopic (exact) mass is 273 g/mol. The van der Waals surface area contributed by atoms with Crippen molar-refractivity contribution in [2.45, 2.75) is 19.1 Å². The van der Waals surface area contributed by atoms with Crippen molar-refractivity contribution in [1.29, 1.82) is 0 Å². The Morgan fingerprint density at radius 3 is 3.06 bits per heavy atom. The highest BCUT2D eigenvalue weighted by atomic mass is 35.5. The van der Waals surface area contributed by atoms with Gasteiger partial charge in [-0.05, 0) is 6.92 Å². The second-order valence-corrected chi connectivity index (χ2v) is 4.62. The number of ether oxygens (including phenoxy) is 1. The van der Waals surface area contributed by atoms with Crippen LogP contribution in [0.15, 0.2) is 6.07 Å². The number of morpholine rings is 1. The van der Waals surface area contributed by atoms with Gasteiger partial charge >= 0.3 is 0 Å². The van der Waals surface area contributed by atoms with Gasteiger partial charge in [-0.25, -0.2) is 9.97 Å². The molecule has 0 saturated carbocycles. The van der Waals surface area contributed by atoms with Gasteiger partial charge in [-0.3, -0.25) is 0 Å². The van der Waals surface area contributed by atoms with Gasteiger partial charge in [-0.2, -0.15) is 0 Å². The van der Waals surface area contributed by atoms with E-state index < -0.39 is 12.7 Å². The van der Waals surface area contributed by atoms with E-state index in [9.17, 15) is 5.11 Å². The summed E-state index contributed by atoms with van der Waals surface area (Å²) in [5, 5.41) is 18.7. The molecule has 100 valence electrons. The first-order valence-electron chi connectivity index (χ1n) is 5.80. The van der Waals surface area contributed by atoms with Crippen molar-refractivity contribution in [3.63, 3.8) is 0 Å². The second kappa shape index (κ2) is 5.79. The number of aliphatic hydroxyl groups is 2. The minimum atomic E-state index is -1.11. The van der Waals surface area contributed by atoms with E-state index in [1.807, 2.05) is 11.8 Å². The molecule has 1 saturated heterocycles. The molecule has 0 aliphatic carbocycles. The molecule has 18 heavy (non-hydrogen) atoms. The Labute approximate surface area is 110 Å². The van der Waals surface area contributed by atoms with Gasteiger partial charge in [-0.1, -0.05) is 11.6 Å². The summed E-state index contributed by atoms with van der Waals surface area (Å²) in [6.45, 7) is 3.60. The maximum atomic E-state index is 9.55. The lowest BCUT2D eigenvalue weighted by Gasteiger charge is -2.32. The molecule has 0 spiro atoms. The summed E-state index contributed by atoms with van der Waals surface area (Å²) in [7, 11) is 0. The van der Waals surface area contributed by atoms with Crippen molar-refractivity contribution in [2.24, 2.45) is 0 Å². The molecule has 0 aromatic carbocycles. The fraction of sp³-hybridized carbons (Fsp3) is 0.636. The summed E-state index contributed by atoms with van der Waals surface area (Å²) >= 11 is 5.90. The third-order valence-electron chi connectivity index (χ3n) is 2.73. The SMILES string of the molecule is C[C@H]1CN(c2cc(Cl)nc(C(O)CO)n2)CCO1. The molecule has 7 heteroatoms. The van der Waals surface area contributed by atoms with Crippen molar-refractivity contribution >= 4 is 17.4 Å². The number of halogens is 1. The number of anilines is 1. The minimum Gasteiger partial charge on any atom is -0.393 e. The van der Waals surface area contributed by atoms with E-state index >= 15 is 0 Å². The third kappa shape index (κ3) is 3.08. The van der Waals surface area contributed by atoms with Crippen LogP contribution in [0.2, 0.25) is 5.15 Å². The molecular formula is C11H16ClN3O3. The lowest BCUT2D eigenvalue weighted by molar-refractivity contribution is 0.0527. The topological polar surface area (TPSA) is 78.7 Å². The van der Waals surface area contributed by atoms with Crippen LogP contribution in [-0.2, 0) is 4.74 Å². The molecule has 2 atom stereocenters. The Bertz CT molecular complexity index is 419. The van der Waals surface area contributed by atoms with Crippen LogP contribution in [0.1, 0.15) is 18.9 Å². The Morgan fingerprint density at radius 2 is 2.39 bits per heavy atom. The van der Waals surface area contributed by atoms with Crippen molar-refractivity contribution < 1.29 is 14.9 Å². The van der Waals surface area contributed by atoms with Crippen LogP contribution in [0, 0.1) is 0 Å². The summed E-state index contributed by atoms with van der Waals surface area (Å²) in [5.41, 5.74) is 0. The maximum absolute atomic E-state index is 9.55. The van der Waals surface area contributed by atoms with Gasteiger partial charge in [0.15, 0.2) is 5.82 Å². The largest absolute Gasteiger partial charge is 0.393 e. The van der Waals surface area contributed by atoms with Crippen LogP contribution in [0.4, 0.5) is 5.82 Å². The molecule has 0 bridgehead atoms. The lowest BCUT2D eigenvalue weighted by atomic mass is 10.3. The van der Waals surface area contributed by atoms with E-state index in [-0.39, 0.29) is 17.1 Å². The molecular weight excluding hydrogens is 258 g/mol. The highest BCUT2D eigenvalue weighted by Gasteiger charge is 2.20. The average molecular weight is 274 g/mol. The van der Waals surface area contributed by atoms with E-state index in [4.69, 9.17) is 21.4 Å². The van der Waals surface area contributed by atoms with Crippen LogP contribution in [-0.4, -0.2) is 52.6 Å². The van der Waals surface area contributed by atoms with Gasteiger partial charge in [0.2, 0.25) is 0 Å². The molecule has 6 nitrogen and oxygen atoms in total. The highest BCUT2D eigenvalue weighted by molar-refractivity contribution is 6.29. The van der Waals surface area contributed by atoms with Crippen LogP contribution in [0.25, 0.3) is 0 Å². The van der Waals surface area contributed by atoms with E-state index in [1.54, 1.807) is 6.07 Å². The Morgan fingerprint density at radius 1 is 1.61 bits per heavy atom. The van der Waals surface area contributed by atoms with E-state index in [0.29, 0.717) is 25.5 Å². The third-order valence-corrected chi connectivity index (χ3v) is 2.93. The van der Waals surface area contributed by atoms with E-state index in [1.165, 1.54) is 0 Å². The molecule has 2 heterocycles. The van der Waals surface area contributed by atoms with Crippen LogP contribution >= 0.6 is 11.6 Å². The van der Waals surface area contributed by atoms with Gasteiger partial charge in [0.25, 0.3) is 0 Å². The van der Waals surface area contributed by atoms with Gasteiger partial charge in [0.05, 0.1) is 19.3 Å². The standard InChI is InChI=1S/C11H16ClN3O3/c1-7-5-15(2-3-18-7)10-4-9(12)13-11(14-10)8(17)6-16/h4,7-8,16-17H,2-3,5-6H2,1H3/t7-,8?/m0/s1. The van der Waals surface area contributed by atoms with Gasteiger partial charge in [0, 0.05) is 19.2 Å². The van der Waals surface area contributed by atoms with Gasteiger partial charge < -0.3 is 19.8 Å². The molecule has 1 aromatic heterocycles. The summed E-state index contributed by atoms with van der Waals surface area (Å²) in [6.07, 6.45) is -0.986. The highest BCUT2D eigenvalue weighted by Crippen LogP contribution is 2.21. The minimum absolute atomic E-state index is 0.124. The number of hydrogen-bond acceptors (Lipinski definition) is 6. The first-order chi connectivity index (χ1) is 8.60. The fourth-order valence-corrected chi connectivity index (χ4v) is 2.03. The molecule has 1 aliphatic rings. The van der Waals surface area contributed by atoms with Crippen molar-refractivity contribution in [2.75, 3.05) is 31.2 Å². The number of nitrogens with zero attached hydrogens (tertiary/aromatic N) is 3. The predicted octanol–water partition coefficient (Wildman–Crippen LogP) is 0.381. The zero-order valence-electron chi connectivity index (χ0n) is 10.1. The molecule has 0 amide bonds. The molecule has 0 radical (unpaired) electrons. The molecule has 1 unspecified atom stereocenters. The van der Waals surface area contributed by atoms with E-state index in [2.05, 4.69) is 9.97 Å². The smallest absolute Gasteiger partial charge is 0.163 e. The number of rotatable bonds is 3. The average Bonchev–Trinajstić information content (AvgIpc) is 2.37. The Hall–Kier alpha value is -0.950. The maximum Gasteiger partial charge on any atom is 0.163 e.